The lowest BCUT2D eigenvalue weighted by molar-refractivity contribution is 0.0525. The fraction of sp³-hybridized carbons (Fsp3) is 0.318. The quantitative estimate of drug-likeness (QED) is 0.257. The van der Waals surface area contributed by atoms with Crippen molar-refractivity contribution in [3.63, 3.8) is 0 Å². The van der Waals surface area contributed by atoms with Gasteiger partial charge in [0.25, 0.3) is 0 Å². The predicted molar refractivity (Wildman–Crippen MR) is 125 cm³/mol. The summed E-state index contributed by atoms with van der Waals surface area (Å²) in [6.07, 6.45) is 1.81. The van der Waals surface area contributed by atoms with E-state index in [0.717, 1.165) is 9.99 Å². The minimum absolute atomic E-state index is 0.186. The van der Waals surface area contributed by atoms with Gasteiger partial charge in [0.2, 0.25) is 0 Å². The Morgan fingerprint density at radius 3 is 2.45 bits per heavy atom. The Labute approximate surface area is 190 Å². The molecule has 1 atom stereocenters. The molecule has 3 rings (SSSR count). The van der Waals surface area contributed by atoms with Gasteiger partial charge in [-0.05, 0) is 57.2 Å². The molecule has 0 aliphatic rings. The van der Waals surface area contributed by atoms with Gasteiger partial charge >= 0.3 is 13.6 Å². The molecule has 0 spiro atoms. The first-order valence-corrected chi connectivity index (χ1v) is 12.5. The number of nitrogens with zero attached hydrogens (tertiary/aromatic N) is 1. The van der Waals surface area contributed by atoms with Crippen molar-refractivity contribution in [3.05, 3.63) is 70.5 Å². The van der Waals surface area contributed by atoms with E-state index in [0.29, 0.717) is 16.9 Å². The molecule has 0 saturated heterocycles. The largest absolute Gasteiger partial charge is 0.462 e. The molecule has 2 aromatic heterocycles. The van der Waals surface area contributed by atoms with Gasteiger partial charge in [0.05, 0.1) is 31.1 Å². The van der Waals surface area contributed by atoms with Crippen molar-refractivity contribution >= 4 is 40.7 Å². The summed E-state index contributed by atoms with van der Waals surface area (Å²) in [6.45, 7) is 5.85. The molecule has 0 amide bonds. The van der Waals surface area contributed by atoms with Crippen LogP contribution in [0, 0.1) is 0 Å². The number of hydrogen-bond donors (Lipinski definition) is 1. The van der Waals surface area contributed by atoms with Crippen molar-refractivity contribution in [2.24, 2.45) is 0 Å². The first-order chi connectivity index (χ1) is 14.9. The van der Waals surface area contributed by atoms with Gasteiger partial charge in [0.15, 0.2) is 5.78 Å². The van der Waals surface area contributed by atoms with Crippen molar-refractivity contribution in [2.75, 3.05) is 25.1 Å². The highest BCUT2D eigenvalue weighted by Gasteiger charge is 2.41. The molecule has 0 aliphatic heterocycles. The SMILES string of the molecule is CCOC(=O)c1cc2ccccn2c1C(Nc1cccc(Br)c1)P(=O)(OCC)OCC. The van der Waals surface area contributed by atoms with Crippen LogP contribution in [-0.2, 0) is 18.3 Å². The third-order valence-corrected chi connectivity index (χ3v) is 7.27. The molecular formula is C22H26BrN2O5P. The molecule has 1 N–H and O–H groups in total. The number of nitrogens with one attached hydrogen (secondary N) is 1. The molecule has 0 aliphatic carbocycles. The summed E-state index contributed by atoms with van der Waals surface area (Å²) in [5.74, 6) is -1.45. The van der Waals surface area contributed by atoms with Crippen molar-refractivity contribution in [2.45, 2.75) is 26.6 Å². The van der Waals surface area contributed by atoms with E-state index in [1.54, 1.807) is 26.8 Å². The number of esters is 1. The van der Waals surface area contributed by atoms with Gasteiger partial charge in [-0.2, -0.15) is 0 Å². The highest BCUT2D eigenvalue weighted by Crippen LogP contribution is 2.61. The molecule has 7 nitrogen and oxygen atoms in total. The lowest BCUT2D eigenvalue weighted by Crippen LogP contribution is -2.20. The molecule has 1 unspecified atom stereocenters. The van der Waals surface area contributed by atoms with E-state index in [1.807, 2.05) is 53.1 Å². The van der Waals surface area contributed by atoms with Gasteiger partial charge in [-0.15, -0.1) is 0 Å². The molecule has 3 aromatic rings. The van der Waals surface area contributed by atoms with Crippen LogP contribution in [0.15, 0.2) is 59.2 Å². The van der Waals surface area contributed by atoms with Crippen molar-refractivity contribution in [3.8, 4) is 0 Å². The molecule has 9 heteroatoms. The van der Waals surface area contributed by atoms with Crippen LogP contribution in [0.2, 0.25) is 0 Å². The fourth-order valence-electron chi connectivity index (χ4n) is 3.38. The summed E-state index contributed by atoms with van der Waals surface area (Å²) < 4.78 is 33.3. The number of aromatic nitrogens is 1. The topological polar surface area (TPSA) is 78.3 Å². The molecule has 2 heterocycles. The summed E-state index contributed by atoms with van der Waals surface area (Å²) in [4.78, 5) is 12.8. The maximum Gasteiger partial charge on any atom is 0.358 e. The molecule has 1 aromatic carbocycles. The smallest absolute Gasteiger partial charge is 0.358 e. The summed E-state index contributed by atoms with van der Waals surface area (Å²) in [6, 6.07) is 14.8. The number of carbonyl (C=O) groups excluding carboxylic acids is 1. The standard InChI is InChI=1S/C22H26BrN2O5P/c1-4-28-22(26)19-15-18-12-7-8-13-25(18)20(19)21(31(27,29-5-2)30-6-3)24-17-11-9-10-16(23)14-17/h7-15,21,24H,4-6H2,1-3H3. The van der Waals surface area contributed by atoms with Crippen LogP contribution in [0.5, 0.6) is 0 Å². The monoisotopic (exact) mass is 508 g/mol. The number of carbonyl (C=O) groups is 1. The highest BCUT2D eigenvalue weighted by atomic mass is 79.9. The number of rotatable bonds is 10. The minimum Gasteiger partial charge on any atom is -0.462 e. The second kappa shape index (κ2) is 10.5. The van der Waals surface area contributed by atoms with Crippen LogP contribution in [0.25, 0.3) is 5.52 Å². The third-order valence-electron chi connectivity index (χ3n) is 4.54. The summed E-state index contributed by atoms with van der Waals surface area (Å²) in [5, 5.41) is 3.29. The zero-order valence-corrected chi connectivity index (χ0v) is 20.2. The first-order valence-electron chi connectivity index (χ1n) is 10.1. The van der Waals surface area contributed by atoms with E-state index >= 15 is 0 Å². The maximum atomic E-state index is 14.0. The predicted octanol–water partition coefficient (Wildman–Crippen LogP) is 6.26. The number of benzene rings is 1. The van der Waals surface area contributed by atoms with E-state index in [-0.39, 0.29) is 19.8 Å². The Morgan fingerprint density at radius 1 is 1.06 bits per heavy atom. The highest BCUT2D eigenvalue weighted by molar-refractivity contribution is 9.10. The maximum absolute atomic E-state index is 14.0. The Kier molecular flexibility index (Phi) is 7.94. The van der Waals surface area contributed by atoms with Gasteiger partial charge in [-0.25, -0.2) is 4.79 Å². The summed E-state index contributed by atoms with van der Waals surface area (Å²) in [5.41, 5.74) is 2.22. The molecule has 166 valence electrons. The Bertz CT molecular complexity index is 1090. The zero-order chi connectivity index (χ0) is 22.4. The van der Waals surface area contributed by atoms with Crippen molar-refractivity contribution in [1.82, 2.24) is 4.40 Å². The Hall–Kier alpha value is -2.12. The van der Waals surface area contributed by atoms with Crippen LogP contribution < -0.4 is 5.32 Å². The zero-order valence-electron chi connectivity index (χ0n) is 17.7. The van der Waals surface area contributed by atoms with E-state index in [4.69, 9.17) is 13.8 Å². The number of pyridine rings is 1. The summed E-state index contributed by atoms with van der Waals surface area (Å²) in [7, 11) is -3.74. The number of halogens is 1. The van der Waals surface area contributed by atoms with Crippen LogP contribution in [0.4, 0.5) is 5.69 Å². The molecule has 0 radical (unpaired) electrons. The first kappa shape index (κ1) is 23.5. The van der Waals surface area contributed by atoms with E-state index in [1.165, 1.54) is 0 Å². The average molecular weight is 509 g/mol. The van der Waals surface area contributed by atoms with Crippen LogP contribution >= 0.6 is 23.5 Å². The number of fused-ring (bicyclic) bond motifs is 1. The van der Waals surface area contributed by atoms with E-state index < -0.39 is 19.3 Å². The molecule has 31 heavy (non-hydrogen) atoms. The Morgan fingerprint density at radius 2 is 1.81 bits per heavy atom. The van der Waals surface area contributed by atoms with E-state index in [2.05, 4.69) is 21.2 Å². The normalized spacial score (nSPS) is 12.6. The van der Waals surface area contributed by atoms with Gasteiger partial charge in [-0.1, -0.05) is 28.1 Å². The molecule has 0 fully saturated rings. The van der Waals surface area contributed by atoms with Gasteiger partial charge in [0.1, 0.15) is 0 Å². The van der Waals surface area contributed by atoms with Crippen LogP contribution in [0.3, 0.4) is 0 Å². The van der Waals surface area contributed by atoms with Gasteiger partial charge in [0, 0.05) is 21.9 Å². The average Bonchev–Trinajstić information content (AvgIpc) is 3.12. The summed E-state index contributed by atoms with van der Waals surface area (Å²) >= 11 is 3.46. The number of ether oxygens (including phenoxy) is 1. The third kappa shape index (κ3) is 5.21. The van der Waals surface area contributed by atoms with Crippen molar-refractivity contribution < 1.29 is 23.1 Å². The minimum atomic E-state index is -3.74. The molecular weight excluding hydrogens is 483 g/mol. The lowest BCUT2D eigenvalue weighted by Gasteiger charge is -2.28. The van der Waals surface area contributed by atoms with Gasteiger partial charge < -0.3 is 23.5 Å². The fourth-order valence-corrected chi connectivity index (χ4v) is 5.74. The lowest BCUT2D eigenvalue weighted by atomic mass is 10.2. The second-order valence-corrected chi connectivity index (χ2v) is 9.62. The van der Waals surface area contributed by atoms with Crippen LogP contribution in [-0.4, -0.2) is 30.2 Å². The number of hydrogen-bond acceptors (Lipinski definition) is 6. The molecule has 0 saturated carbocycles. The van der Waals surface area contributed by atoms with Gasteiger partial charge in [-0.3, -0.25) is 4.57 Å². The second-order valence-electron chi connectivity index (χ2n) is 6.59. The van der Waals surface area contributed by atoms with Crippen LogP contribution in [0.1, 0.15) is 42.6 Å². The Balaban J connectivity index is 2.25. The van der Waals surface area contributed by atoms with Crippen molar-refractivity contribution in [1.29, 1.82) is 0 Å². The van der Waals surface area contributed by atoms with E-state index in [9.17, 15) is 9.36 Å². The number of anilines is 1. The molecule has 0 bridgehead atoms.